The van der Waals surface area contributed by atoms with Crippen molar-refractivity contribution in [2.75, 3.05) is 18.0 Å². The fourth-order valence-electron chi connectivity index (χ4n) is 3.13. The van der Waals surface area contributed by atoms with E-state index in [1.807, 2.05) is 12.1 Å². The molecule has 2 saturated heterocycles. The summed E-state index contributed by atoms with van der Waals surface area (Å²) < 4.78 is 0. The zero-order valence-electron chi connectivity index (χ0n) is 10.4. The van der Waals surface area contributed by atoms with Gasteiger partial charge in [-0.3, -0.25) is 4.79 Å². The number of hydrogen-bond donors (Lipinski definition) is 2. The monoisotopic (exact) mass is 245 g/mol. The third-order valence-corrected chi connectivity index (χ3v) is 4.08. The van der Waals surface area contributed by atoms with E-state index in [-0.39, 0.29) is 11.8 Å². The molecule has 1 aromatic rings. The summed E-state index contributed by atoms with van der Waals surface area (Å²) in [7, 11) is 0. The molecule has 0 bridgehead atoms. The molecule has 0 radical (unpaired) electrons. The Morgan fingerprint density at radius 2 is 2.33 bits per heavy atom. The maximum absolute atomic E-state index is 11.8. The molecule has 3 rings (SSSR count). The topological polar surface area (TPSA) is 58.4 Å². The van der Waals surface area contributed by atoms with Gasteiger partial charge in [-0.2, -0.15) is 0 Å². The SMILES string of the molecule is NCc1cccc(N2CCCC3C(=O)NCC32)c1. The number of carbonyl (C=O) groups is 1. The number of benzene rings is 1. The normalized spacial score (nSPS) is 26.9. The Bertz CT molecular complexity index is 460. The van der Waals surface area contributed by atoms with Crippen LogP contribution in [0.3, 0.4) is 0 Å². The molecule has 2 atom stereocenters. The number of anilines is 1. The first-order valence-electron chi connectivity index (χ1n) is 6.63. The molecule has 1 amide bonds. The molecule has 1 aromatic carbocycles. The van der Waals surface area contributed by atoms with Gasteiger partial charge in [0.05, 0.1) is 12.0 Å². The van der Waals surface area contributed by atoms with Crippen molar-refractivity contribution in [2.24, 2.45) is 11.7 Å². The van der Waals surface area contributed by atoms with E-state index in [2.05, 4.69) is 22.3 Å². The van der Waals surface area contributed by atoms with Gasteiger partial charge < -0.3 is 16.0 Å². The smallest absolute Gasteiger partial charge is 0.225 e. The minimum absolute atomic E-state index is 0.167. The van der Waals surface area contributed by atoms with Gasteiger partial charge in [-0.25, -0.2) is 0 Å². The third kappa shape index (κ3) is 1.86. The van der Waals surface area contributed by atoms with Gasteiger partial charge in [0, 0.05) is 25.3 Å². The van der Waals surface area contributed by atoms with E-state index in [1.165, 1.54) is 5.69 Å². The van der Waals surface area contributed by atoms with Gasteiger partial charge in [-0.05, 0) is 30.5 Å². The molecule has 2 fully saturated rings. The van der Waals surface area contributed by atoms with E-state index in [0.717, 1.165) is 31.5 Å². The summed E-state index contributed by atoms with van der Waals surface area (Å²) in [6.45, 7) is 2.37. The highest BCUT2D eigenvalue weighted by Gasteiger charge is 2.40. The van der Waals surface area contributed by atoms with Crippen molar-refractivity contribution >= 4 is 11.6 Å². The van der Waals surface area contributed by atoms with Crippen LogP contribution >= 0.6 is 0 Å². The van der Waals surface area contributed by atoms with E-state index in [4.69, 9.17) is 5.73 Å². The largest absolute Gasteiger partial charge is 0.366 e. The van der Waals surface area contributed by atoms with Crippen molar-refractivity contribution in [3.8, 4) is 0 Å². The number of carbonyl (C=O) groups excluding carboxylic acids is 1. The van der Waals surface area contributed by atoms with Crippen LogP contribution in [0.1, 0.15) is 18.4 Å². The maximum atomic E-state index is 11.8. The van der Waals surface area contributed by atoms with Gasteiger partial charge in [0.15, 0.2) is 0 Å². The number of fused-ring (bicyclic) bond motifs is 1. The fraction of sp³-hybridized carbons (Fsp3) is 0.500. The second kappa shape index (κ2) is 4.61. The number of amides is 1. The van der Waals surface area contributed by atoms with Crippen molar-refractivity contribution in [3.05, 3.63) is 29.8 Å². The maximum Gasteiger partial charge on any atom is 0.225 e. The Balaban J connectivity index is 1.88. The van der Waals surface area contributed by atoms with Crippen molar-refractivity contribution in [2.45, 2.75) is 25.4 Å². The summed E-state index contributed by atoms with van der Waals surface area (Å²) in [6, 6.07) is 8.67. The van der Waals surface area contributed by atoms with Crippen LogP contribution in [0.15, 0.2) is 24.3 Å². The standard InChI is InChI=1S/C14H19N3O/c15-8-10-3-1-4-11(7-10)17-6-2-5-12-13(17)9-16-14(12)18/h1,3-4,7,12-13H,2,5-6,8-9,15H2,(H,16,18). The lowest BCUT2D eigenvalue weighted by molar-refractivity contribution is -0.122. The van der Waals surface area contributed by atoms with Gasteiger partial charge in [0.2, 0.25) is 5.91 Å². The summed E-state index contributed by atoms with van der Waals surface area (Å²) in [5, 5.41) is 2.98. The van der Waals surface area contributed by atoms with Crippen LogP contribution in [0.4, 0.5) is 5.69 Å². The van der Waals surface area contributed by atoms with Crippen molar-refractivity contribution < 1.29 is 4.79 Å². The molecule has 2 aliphatic rings. The highest BCUT2D eigenvalue weighted by atomic mass is 16.2. The quantitative estimate of drug-likeness (QED) is 0.812. The van der Waals surface area contributed by atoms with E-state index < -0.39 is 0 Å². The van der Waals surface area contributed by atoms with Crippen LogP contribution in [-0.2, 0) is 11.3 Å². The van der Waals surface area contributed by atoms with Crippen LogP contribution in [0, 0.1) is 5.92 Å². The summed E-state index contributed by atoms with van der Waals surface area (Å²) in [4.78, 5) is 14.1. The van der Waals surface area contributed by atoms with Crippen molar-refractivity contribution in [1.82, 2.24) is 5.32 Å². The molecule has 96 valence electrons. The summed E-state index contributed by atoms with van der Waals surface area (Å²) in [5.41, 5.74) is 8.04. The Morgan fingerprint density at radius 1 is 1.44 bits per heavy atom. The highest BCUT2D eigenvalue weighted by molar-refractivity contribution is 5.83. The Labute approximate surface area is 107 Å². The highest BCUT2D eigenvalue weighted by Crippen LogP contribution is 2.31. The zero-order chi connectivity index (χ0) is 12.5. The van der Waals surface area contributed by atoms with E-state index in [9.17, 15) is 4.79 Å². The third-order valence-electron chi connectivity index (χ3n) is 4.08. The first-order chi connectivity index (χ1) is 8.79. The van der Waals surface area contributed by atoms with Gasteiger partial charge in [-0.15, -0.1) is 0 Å². The van der Waals surface area contributed by atoms with Crippen molar-refractivity contribution in [1.29, 1.82) is 0 Å². The lowest BCUT2D eigenvalue weighted by Crippen LogP contribution is -2.45. The first-order valence-corrected chi connectivity index (χ1v) is 6.63. The average Bonchev–Trinajstić information content (AvgIpc) is 2.81. The Kier molecular flexibility index (Phi) is 2.96. The van der Waals surface area contributed by atoms with Gasteiger partial charge in [-0.1, -0.05) is 12.1 Å². The van der Waals surface area contributed by atoms with E-state index >= 15 is 0 Å². The number of rotatable bonds is 2. The van der Waals surface area contributed by atoms with Crippen molar-refractivity contribution in [3.63, 3.8) is 0 Å². The fourth-order valence-corrected chi connectivity index (χ4v) is 3.13. The number of piperidine rings is 1. The molecule has 0 spiro atoms. The average molecular weight is 245 g/mol. The van der Waals surface area contributed by atoms with Gasteiger partial charge in [0.25, 0.3) is 0 Å². The minimum atomic E-state index is 0.167. The number of hydrogen-bond acceptors (Lipinski definition) is 3. The number of nitrogens with one attached hydrogen (secondary N) is 1. The van der Waals surface area contributed by atoms with Gasteiger partial charge >= 0.3 is 0 Å². The van der Waals surface area contributed by atoms with Gasteiger partial charge in [0.1, 0.15) is 0 Å². The summed E-state index contributed by atoms with van der Waals surface area (Å²) in [6.07, 6.45) is 2.10. The predicted molar refractivity (Wildman–Crippen MR) is 71.2 cm³/mol. The number of nitrogens with zero attached hydrogens (tertiary/aromatic N) is 1. The molecule has 0 aliphatic carbocycles. The molecule has 18 heavy (non-hydrogen) atoms. The molecule has 2 heterocycles. The van der Waals surface area contributed by atoms with E-state index in [0.29, 0.717) is 12.6 Å². The molecule has 0 aromatic heterocycles. The Hall–Kier alpha value is -1.55. The lowest BCUT2D eigenvalue weighted by atomic mass is 9.91. The molecule has 3 N–H and O–H groups in total. The van der Waals surface area contributed by atoms with E-state index in [1.54, 1.807) is 0 Å². The molecule has 2 unspecified atom stereocenters. The predicted octanol–water partition coefficient (Wildman–Crippen LogP) is 0.860. The Morgan fingerprint density at radius 3 is 3.17 bits per heavy atom. The first kappa shape index (κ1) is 11.5. The molecule has 2 aliphatic heterocycles. The minimum Gasteiger partial charge on any atom is -0.366 e. The molecular formula is C14H19N3O. The molecule has 0 saturated carbocycles. The molecular weight excluding hydrogens is 226 g/mol. The van der Waals surface area contributed by atoms with Crippen LogP contribution in [-0.4, -0.2) is 25.0 Å². The summed E-state index contributed by atoms with van der Waals surface area (Å²) in [5.74, 6) is 0.389. The molecule has 4 heteroatoms. The lowest BCUT2D eigenvalue weighted by Gasteiger charge is -2.37. The summed E-state index contributed by atoms with van der Waals surface area (Å²) >= 11 is 0. The molecule has 4 nitrogen and oxygen atoms in total. The van der Waals surface area contributed by atoms with Crippen LogP contribution in [0.2, 0.25) is 0 Å². The van der Waals surface area contributed by atoms with Crippen LogP contribution in [0.5, 0.6) is 0 Å². The number of nitrogens with two attached hydrogens (primary N) is 1. The van der Waals surface area contributed by atoms with Crippen LogP contribution in [0.25, 0.3) is 0 Å². The second-order valence-corrected chi connectivity index (χ2v) is 5.13. The van der Waals surface area contributed by atoms with Crippen LogP contribution < -0.4 is 16.0 Å². The second-order valence-electron chi connectivity index (χ2n) is 5.13. The zero-order valence-corrected chi connectivity index (χ0v) is 10.4.